The van der Waals surface area contributed by atoms with Crippen LogP contribution in [-0.4, -0.2) is 73.8 Å². The van der Waals surface area contributed by atoms with Gasteiger partial charge in [-0.15, -0.1) is 5.10 Å². The monoisotopic (exact) mass is 310 g/mol. The Bertz CT molecular complexity index is 502. The largest absolute Gasteiger partial charge is 0.444 e. The van der Waals surface area contributed by atoms with E-state index >= 15 is 0 Å². The van der Waals surface area contributed by atoms with Gasteiger partial charge in [0.15, 0.2) is 0 Å². The molecule has 1 aromatic rings. The highest BCUT2D eigenvalue weighted by atomic mass is 16.6. The Morgan fingerprint density at radius 3 is 2.32 bits per heavy atom. The van der Waals surface area contributed by atoms with Gasteiger partial charge in [-0.3, -0.25) is 4.79 Å². The van der Waals surface area contributed by atoms with E-state index in [4.69, 9.17) is 4.74 Å². The fraction of sp³-hybridized carbons (Fsp3) is 0.769. The number of hydrogen-bond acceptors (Lipinski definition) is 6. The standard InChI is InChI=1S/C13H22N6O3/c1-13(2,3)22-12(21)18-8-6-17(7-9-18)11(20)4-5-19-10-14-15-16-19/h10H,4-9H2,1-3H3. The van der Waals surface area contributed by atoms with E-state index in [2.05, 4.69) is 15.5 Å². The van der Waals surface area contributed by atoms with E-state index in [1.165, 1.54) is 11.0 Å². The molecule has 0 N–H and O–H groups in total. The summed E-state index contributed by atoms with van der Waals surface area (Å²) < 4.78 is 6.85. The molecule has 1 saturated heterocycles. The molecule has 2 amide bonds. The molecular formula is C13H22N6O3. The number of hydrogen-bond donors (Lipinski definition) is 0. The van der Waals surface area contributed by atoms with Crippen molar-refractivity contribution in [3.05, 3.63) is 6.33 Å². The van der Waals surface area contributed by atoms with Crippen LogP contribution in [0.2, 0.25) is 0 Å². The van der Waals surface area contributed by atoms with Crippen LogP contribution >= 0.6 is 0 Å². The number of nitrogens with zero attached hydrogens (tertiary/aromatic N) is 6. The van der Waals surface area contributed by atoms with Crippen molar-refractivity contribution in [3.8, 4) is 0 Å². The highest BCUT2D eigenvalue weighted by molar-refractivity contribution is 5.76. The SMILES string of the molecule is CC(C)(C)OC(=O)N1CCN(C(=O)CCn2cnnn2)CC1. The quantitative estimate of drug-likeness (QED) is 0.788. The smallest absolute Gasteiger partial charge is 0.410 e. The number of carbonyl (C=O) groups is 2. The molecule has 9 heteroatoms. The van der Waals surface area contributed by atoms with Gasteiger partial charge in [-0.25, -0.2) is 9.48 Å². The van der Waals surface area contributed by atoms with Crippen LogP contribution in [0.3, 0.4) is 0 Å². The molecule has 2 rings (SSSR count). The molecule has 1 aliphatic heterocycles. The van der Waals surface area contributed by atoms with Gasteiger partial charge in [0.1, 0.15) is 11.9 Å². The zero-order valence-electron chi connectivity index (χ0n) is 13.2. The maximum Gasteiger partial charge on any atom is 0.410 e. The van der Waals surface area contributed by atoms with Crippen molar-refractivity contribution in [2.75, 3.05) is 26.2 Å². The van der Waals surface area contributed by atoms with E-state index in [-0.39, 0.29) is 12.0 Å². The first-order valence-electron chi connectivity index (χ1n) is 7.31. The number of piperazine rings is 1. The predicted octanol–water partition coefficient (Wildman–Crippen LogP) is 0.143. The lowest BCUT2D eigenvalue weighted by Gasteiger charge is -2.35. The molecule has 1 aliphatic rings. The number of carbonyl (C=O) groups excluding carboxylic acids is 2. The minimum Gasteiger partial charge on any atom is -0.444 e. The number of aromatic nitrogens is 4. The van der Waals surface area contributed by atoms with Gasteiger partial charge in [0.2, 0.25) is 5.91 Å². The van der Waals surface area contributed by atoms with Crippen molar-refractivity contribution in [3.63, 3.8) is 0 Å². The van der Waals surface area contributed by atoms with E-state index < -0.39 is 5.60 Å². The molecule has 0 spiro atoms. The molecule has 0 atom stereocenters. The van der Waals surface area contributed by atoms with Gasteiger partial charge >= 0.3 is 6.09 Å². The van der Waals surface area contributed by atoms with E-state index in [1.807, 2.05) is 20.8 Å². The first-order valence-corrected chi connectivity index (χ1v) is 7.31. The Hall–Kier alpha value is -2.19. The predicted molar refractivity (Wildman–Crippen MR) is 76.8 cm³/mol. The summed E-state index contributed by atoms with van der Waals surface area (Å²) in [4.78, 5) is 27.4. The molecule has 0 aromatic carbocycles. The molecule has 0 radical (unpaired) electrons. The lowest BCUT2D eigenvalue weighted by Crippen LogP contribution is -2.51. The molecule has 0 saturated carbocycles. The molecule has 122 valence electrons. The molecule has 0 bridgehead atoms. The van der Waals surface area contributed by atoms with E-state index in [0.717, 1.165) is 0 Å². The second-order valence-electron chi connectivity index (χ2n) is 6.17. The summed E-state index contributed by atoms with van der Waals surface area (Å²) in [5.41, 5.74) is -0.504. The molecule has 9 nitrogen and oxygen atoms in total. The summed E-state index contributed by atoms with van der Waals surface area (Å²) in [6.07, 6.45) is 1.50. The highest BCUT2D eigenvalue weighted by Crippen LogP contribution is 2.12. The van der Waals surface area contributed by atoms with Gasteiger partial charge in [-0.2, -0.15) is 0 Å². The number of aryl methyl sites for hydroxylation is 1. The van der Waals surface area contributed by atoms with E-state index in [0.29, 0.717) is 39.1 Å². The Labute approximate surface area is 129 Å². The summed E-state index contributed by atoms with van der Waals surface area (Å²) >= 11 is 0. The van der Waals surface area contributed by atoms with Crippen LogP contribution in [0.25, 0.3) is 0 Å². The van der Waals surface area contributed by atoms with Crippen LogP contribution in [0.1, 0.15) is 27.2 Å². The average Bonchev–Trinajstić information content (AvgIpc) is 2.96. The fourth-order valence-corrected chi connectivity index (χ4v) is 2.12. The van der Waals surface area contributed by atoms with Crippen molar-refractivity contribution in [2.45, 2.75) is 39.3 Å². The summed E-state index contributed by atoms with van der Waals surface area (Å²) in [5.74, 6) is 0.0411. The van der Waals surface area contributed by atoms with Crippen molar-refractivity contribution >= 4 is 12.0 Å². The second-order valence-corrected chi connectivity index (χ2v) is 6.17. The lowest BCUT2D eigenvalue weighted by molar-refractivity contribution is -0.133. The van der Waals surface area contributed by atoms with Crippen LogP contribution in [-0.2, 0) is 16.1 Å². The van der Waals surface area contributed by atoms with E-state index in [1.54, 1.807) is 9.80 Å². The van der Waals surface area contributed by atoms with Gasteiger partial charge in [0.25, 0.3) is 0 Å². The normalized spacial score (nSPS) is 15.8. The molecular weight excluding hydrogens is 288 g/mol. The molecule has 2 heterocycles. The fourth-order valence-electron chi connectivity index (χ4n) is 2.12. The van der Waals surface area contributed by atoms with Crippen LogP contribution in [0.15, 0.2) is 6.33 Å². The van der Waals surface area contributed by atoms with Gasteiger partial charge in [0, 0.05) is 32.6 Å². The minimum atomic E-state index is -0.504. The van der Waals surface area contributed by atoms with Crippen LogP contribution in [0.4, 0.5) is 4.79 Å². The Balaban J connectivity index is 1.74. The zero-order valence-corrected chi connectivity index (χ0v) is 13.2. The Morgan fingerprint density at radius 2 is 1.77 bits per heavy atom. The van der Waals surface area contributed by atoms with Crippen molar-refractivity contribution < 1.29 is 14.3 Å². The second kappa shape index (κ2) is 6.71. The van der Waals surface area contributed by atoms with Crippen molar-refractivity contribution in [1.29, 1.82) is 0 Å². The zero-order chi connectivity index (χ0) is 16.2. The Morgan fingerprint density at radius 1 is 1.14 bits per heavy atom. The van der Waals surface area contributed by atoms with Gasteiger partial charge in [-0.05, 0) is 31.2 Å². The van der Waals surface area contributed by atoms with Crippen molar-refractivity contribution in [1.82, 2.24) is 30.0 Å². The van der Waals surface area contributed by atoms with Crippen molar-refractivity contribution in [2.24, 2.45) is 0 Å². The maximum atomic E-state index is 12.1. The third kappa shape index (κ3) is 4.68. The highest BCUT2D eigenvalue weighted by Gasteiger charge is 2.27. The number of ether oxygens (including phenoxy) is 1. The van der Waals surface area contributed by atoms with E-state index in [9.17, 15) is 9.59 Å². The third-order valence-corrected chi connectivity index (χ3v) is 3.23. The summed E-state index contributed by atoms with van der Waals surface area (Å²) in [5, 5.41) is 10.8. The summed E-state index contributed by atoms with van der Waals surface area (Å²) in [7, 11) is 0. The lowest BCUT2D eigenvalue weighted by atomic mass is 10.2. The first-order chi connectivity index (χ1) is 10.3. The van der Waals surface area contributed by atoms with Crippen LogP contribution in [0.5, 0.6) is 0 Å². The number of amides is 2. The van der Waals surface area contributed by atoms with Gasteiger partial charge in [0.05, 0.1) is 6.54 Å². The van der Waals surface area contributed by atoms with Gasteiger partial charge < -0.3 is 14.5 Å². The molecule has 1 fully saturated rings. The molecule has 1 aromatic heterocycles. The molecule has 0 unspecified atom stereocenters. The molecule has 22 heavy (non-hydrogen) atoms. The first kappa shape index (κ1) is 16.2. The van der Waals surface area contributed by atoms with Gasteiger partial charge in [-0.1, -0.05) is 0 Å². The van der Waals surface area contributed by atoms with Crippen LogP contribution in [0, 0.1) is 0 Å². The maximum absolute atomic E-state index is 12.1. The molecule has 0 aliphatic carbocycles. The number of rotatable bonds is 3. The minimum absolute atomic E-state index is 0.0411. The van der Waals surface area contributed by atoms with Crippen LogP contribution < -0.4 is 0 Å². The number of tetrazole rings is 1. The Kier molecular flexibility index (Phi) is 4.94. The average molecular weight is 310 g/mol. The summed E-state index contributed by atoms with van der Waals surface area (Å²) in [6, 6.07) is 0. The third-order valence-electron chi connectivity index (χ3n) is 3.23. The topological polar surface area (TPSA) is 93.5 Å². The summed E-state index contributed by atoms with van der Waals surface area (Å²) in [6.45, 7) is 7.99.